The summed E-state index contributed by atoms with van der Waals surface area (Å²) in [5.41, 5.74) is 3.93. The van der Waals surface area contributed by atoms with Gasteiger partial charge in [0.1, 0.15) is 10.7 Å². The molecule has 7 heteroatoms. The normalized spacial score (nSPS) is 10.8. The van der Waals surface area contributed by atoms with Gasteiger partial charge in [-0.15, -0.1) is 0 Å². The summed E-state index contributed by atoms with van der Waals surface area (Å²) in [6.07, 6.45) is 1.48. The van der Waals surface area contributed by atoms with E-state index in [1.807, 2.05) is 0 Å². The number of carbonyl (C=O) groups is 1. The first-order valence-electron chi connectivity index (χ1n) is 6.29. The first-order chi connectivity index (χ1) is 10.1. The minimum atomic E-state index is -0.394. The number of nitrogens with zero attached hydrogens (tertiary/aromatic N) is 2. The molecule has 1 aromatic carbocycles. The minimum Gasteiger partial charge on any atom is -0.462 e. The van der Waals surface area contributed by atoms with Gasteiger partial charge in [-0.05, 0) is 31.5 Å². The zero-order valence-corrected chi connectivity index (χ0v) is 12.4. The number of hydrogen-bond donors (Lipinski definition) is 1. The number of anilines is 1. The largest absolute Gasteiger partial charge is 0.462 e. The van der Waals surface area contributed by atoms with Gasteiger partial charge in [-0.3, -0.25) is 5.43 Å². The van der Waals surface area contributed by atoms with Gasteiger partial charge in [0.2, 0.25) is 5.13 Å². The van der Waals surface area contributed by atoms with Crippen molar-refractivity contribution in [2.45, 2.75) is 13.8 Å². The summed E-state index contributed by atoms with van der Waals surface area (Å²) in [4.78, 5) is 16.3. The van der Waals surface area contributed by atoms with Crippen LogP contribution >= 0.6 is 11.3 Å². The summed E-state index contributed by atoms with van der Waals surface area (Å²) in [7, 11) is 0. The summed E-state index contributed by atoms with van der Waals surface area (Å²) in [6, 6.07) is 6.05. The van der Waals surface area contributed by atoms with E-state index in [9.17, 15) is 9.18 Å². The Morgan fingerprint density at radius 2 is 2.38 bits per heavy atom. The fourth-order valence-corrected chi connectivity index (χ4v) is 2.39. The summed E-state index contributed by atoms with van der Waals surface area (Å²) < 4.78 is 17.9. The predicted octanol–water partition coefficient (Wildman–Crippen LogP) is 3.21. The third-order valence-corrected chi connectivity index (χ3v) is 3.52. The fraction of sp³-hybridized carbons (Fsp3) is 0.214. The summed E-state index contributed by atoms with van der Waals surface area (Å²) in [5.74, 6) is -0.719. The van der Waals surface area contributed by atoms with E-state index in [-0.39, 0.29) is 5.82 Å². The van der Waals surface area contributed by atoms with Crippen molar-refractivity contribution in [1.29, 1.82) is 0 Å². The second-order valence-corrected chi connectivity index (χ2v) is 5.08. The molecule has 0 aliphatic rings. The van der Waals surface area contributed by atoms with Crippen molar-refractivity contribution in [3.05, 3.63) is 46.2 Å². The third kappa shape index (κ3) is 4.09. The monoisotopic (exact) mass is 307 g/mol. The van der Waals surface area contributed by atoms with E-state index < -0.39 is 5.97 Å². The molecule has 0 aliphatic carbocycles. The molecular weight excluding hydrogens is 293 g/mol. The molecule has 0 saturated carbocycles. The van der Waals surface area contributed by atoms with E-state index in [0.717, 1.165) is 11.3 Å². The molecule has 0 aliphatic heterocycles. The number of carbonyl (C=O) groups excluding carboxylic acids is 1. The van der Waals surface area contributed by atoms with Gasteiger partial charge in [0.15, 0.2) is 0 Å². The van der Waals surface area contributed by atoms with Gasteiger partial charge in [-0.2, -0.15) is 5.10 Å². The average Bonchev–Trinajstić information content (AvgIpc) is 2.80. The van der Waals surface area contributed by atoms with Crippen LogP contribution in [0.3, 0.4) is 0 Å². The SMILES string of the molecule is CCOC(=O)c1sc(N/N=C\c2cccc(F)c2)nc1C. The molecule has 1 N–H and O–H groups in total. The molecule has 0 atom stereocenters. The highest BCUT2D eigenvalue weighted by Crippen LogP contribution is 2.23. The van der Waals surface area contributed by atoms with Gasteiger partial charge < -0.3 is 4.74 Å². The van der Waals surface area contributed by atoms with Crippen molar-refractivity contribution in [3.63, 3.8) is 0 Å². The number of nitrogens with one attached hydrogen (secondary N) is 1. The Kier molecular flexibility index (Phi) is 4.99. The number of halogens is 1. The molecule has 0 saturated heterocycles. The molecule has 2 aromatic rings. The molecule has 0 fully saturated rings. The molecule has 0 unspecified atom stereocenters. The van der Waals surface area contributed by atoms with E-state index in [1.54, 1.807) is 26.0 Å². The van der Waals surface area contributed by atoms with Gasteiger partial charge in [0.25, 0.3) is 0 Å². The van der Waals surface area contributed by atoms with Crippen LogP contribution in [0.4, 0.5) is 9.52 Å². The van der Waals surface area contributed by atoms with Crippen molar-refractivity contribution in [3.8, 4) is 0 Å². The quantitative estimate of drug-likeness (QED) is 0.523. The van der Waals surface area contributed by atoms with Crippen LogP contribution in [-0.2, 0) is 4.74 Å². The lowest BCUT2D eigenvalue weighted by Crippen LogP contribution is -2.03. The first-order valence-corrected chi connectivity index (χ1v) is 7.11. The summed E-state index contributed by atoms with van der Waals surface area (Å²) >= 11 is 1.16. The molecule has 1 heterocycles. The van der Waals surface area contributed by atoms with Gasteiger partial charge in [0, 0.05) is 0 Å². The molecule has 5 nitrogen and oxygen atoms in total. The van der Waals surface area contributed by atoms with E-state index in [1.165, 1.54) is 18.3 Å². The van der Waals surface area contributed by atoms with Crippen LogP contribution in [0, 0.1) is 12.7 Å². The minimum absolute atomic E-state index is 0.316. The Morgan fingerprint density at radius 3 is 3.10 bits per heavy atom. The van der Waals surface area contributed by atoms with Crippen molar-refractivity contribution in [1.82, 2.24) is 4.98 Å². The summed E-state index contributed by atoms with van der Waals surface area (Å²) in [6.45, 7) is 3.79. The highest BCUT2D eigenvalue weighted by molar-refractivity contribution is 7.17. The number of aryl methyl sites for hydroxylation is 1. The van der Waals surface area contributed by atoms with Gasteiger partial charge in [-0.1, -0.05) is 23.5 Å². The molecule has 21 heavy (non-hydrogen) atoms. The Labute approximate surface area is 125 Å². The predicted molar refractivity (Wildman–Crippen MR) is 80.4 cm³/mol. The molecule has 0 spiro atoms. The fourth-order valence-electron chi connectivity index (χ4n) is 1.58. The van der Waals surface area contributed by atoms with Gasteiger partial charge >= 0.3 is 5.97 Å². The smallest absolute Gasteiger partial charge is 0.350 e. The maximum absolute atomic E-state index is 13.0. The van der Waals surface area contributed by atoms with Crippen LogP contribution in [0.25, 0.3) is 0 Å². The molecule has 0 radical (unpaired) electrons. The number of thiazole rings is 1. The highest BCUT2D eigenvalue weighted by atomic mass is 32.1. The average molecular weight is 307 g/mol. The lowest BCUT2D eigenvalue weighted by molar-refractivity contribution is 0.0531. The summed E-state index contributed by atoms with van der Waals surface area (Å²) in [5, 5.41) is 4.44. The second-order valence-electron chi connectivity index (χ2n) is 4.08. The van der Waals surface area contributed by atoms with Crippen LogP contribution in [0.5, 0.6) is 0 Å². The molecule has 0 bridgehead atoms. The first kappa shape index (κ1) is 15.1. The zero-order valence-electron chi connectivity index (χ0n) is 11.6. The maximum Gasteiger partial charge on any atom is 0.350 e. The van der Waals surface area contributed by atoms with Crippen LogP contribution in [0.2, 0.25) is 0 Å². The topological polar surface area (TPSA) is 63.6 Å². The van der Waals surface area contributed by atoms with Crippen molar-refractivity contribution >= 4 is 28.7 Å². The highest BCUT2D eigenvalue weighted by Gasteiger charge is 2.15. The molecular formula is C14H14FN3O2S. The molecule has 2 rings (SSSR count). The lowest BCUT2D eigenvalue weighted by Gasteiger charge is -1.97. The van der Waals surface area contributed by atoms with Crippen LogP contribution in [-0.4, -0.2) is 23.8 Å². The number of aromatic nitrogens is 1. The lowest BCUT2D eigenvalue weighted by atomic mass is 10.2. The Morgan fingerprint density at radius 1 is 1.57 bits per heavy atom. The van der Waals surface area contributed by atoms with E-state index in [0.29, 0.717) is 27.9 Å². The number of esters is 1. The Hall–Kier alpha value is -2.28. The van der Waals surface area contributed by atoms with Crippen molar-refractivity contribution in [2.24, 2.45) is 5.10 Å². The Bertz CT molecular complexity index is 670. The van der Waals surface area contributed by atoms with Gasteiger partial charge in [-0.25, -0.2) is 14.2 Å². The number of benzene rings is 1. The number of ether oxygens (including phenoxy) is 1. The molecule has 110 valence electrons. The standard InChI is InChI=1S/C14H14FN3O2S/c1-3-20-13(19)12-9(2)17-14(21-12)18-16-8-10-5-4-6-11(15)7-10/h4-8H,3H2,1-2H3,(H,17,18)/b16-8-. The second kappa shape index (κ2) is 6.94. The Balaban J connectivity index is 2.04. The zero-order chi connectivity index (χ0) is 15.2. The van der Waals surface area contributed by atoms with Crippen molar-refractivity contribution < 1.29 is 13.9 Å². The van der Waals surface area contributed by atoms with E-state index >= 15 is 0 Å². The van der Waals surface area contributed by atoms with Crippen LogP contribution in [0.15, 0.2) is 29.4 Å². The molecule has 1 aromatic heterocycles. The van der Waals surface area contributed by atoms with E-state index in [2.05, 4.69) is 15.5 Å². The van der Waals surface area contributed by atoms with Crippen LogP contribution in [0.1, 0.15) is 27.9 Å². The number of hydrazone groups is 1. The number of rotatable bonds is 5. The third-order valence-electron chi connectivity index (χ3n) is 2.48. The maximum atomic E-state index is 13.0. The van der Waals surface area contributed by atoms with Crippen molar-refractivity contribution in [2.75, 3.05) is 12.0 Å². The van der Waals surface area contributed by atoms with E-state index in [4.69, 9.17) is 4.74 Å². The van der Waals surface area contributed by atoms with Gasteiger partial charge in [0.05, 0.1) is 18.5 Å². The molecule has 0 amide bonds. The van der Waals surface area contributed by atoms with Crippen LogP contribution < -0.4 is 5.43 Å². The number of hydrogen-bond acceptors (Lipinski definition) is 6.